The van der Waals surface area contributed by atoms with Crippen LogP contribution in [0, 0.1) is 5.92 Å². The van der Waals surface area contributed by atoms with E-state index in [1.54, 1.807) is 24.3 Å². The minimum atomic E-state index is -0.569. The van der Waals surface area contributed by atoms with Crippen LogP contribution in [0.3, 0.4) is 0 Å². The topological polar surface area (TPSA) is 93.5 Å². The van der Waals surface area contributed by atoms with Gasteiger partial charge in [0.2, 0.25) is 5.91 Å². The highest BCUT2D eigenvalue weighted by Crippen LogP contribution is 2.19. The SMILES string of the molecule is CC(C)(C)NC(=O)c1cccc(NC(=O)C(N)C2CCOCC2)c1. The second kappa shape index (κ2) is 7.77. The first-order valence-corrected chi connectivity index (χ1v) is 8.33. The fourth-order valence-corrected chi connectivity index (χ4v) is 2.67. The standard InChI is InChI=1S/C18H27N3O3/c1-18(2,3)21-16(22)13-5-4-6-14(11-13)20-17(23)15(19)12-7-9-24-10-8-12/h4-6,11-12,15H,7-10,19H2,1-3H3,(H,20,23)(H,21,22). The zero-order valence-electron chi connectivity index (χ0n) is 14.6. The van der Waals surface area contributed by atoms with E-state index in [4.69, 9.17) is 10.5 Å². The Morgan fingerprint density at radius 1 is 1.25 bits per heavy atom. The van der Waals surface area contributed by atoms with Gasteiger partial charge in [0.15, 0.2) is 0 Å². The van der Waals surface area contributed by atoms with Gasteiger partial charge in [-0.1, -0.05) is 6.07 Å². The molecule has 1 aromatic rings. The minimum Gasteiger partial charge on any atom is -0.381 e. The van der Waals surface area contributed by atoms with Gasteiger partial charge in [-0.15, -0.1) is 0 Å². The van der Waals surface area contributed by atoms with Gasteiger partial charge in [-0.2, -0.15) is 0 Å². The normalized spacial score (nSPS) is 17.2. The van der Waals surface area contributed by atoms with Crippen molar-refractivity contribution in [1.82, 2.24) is 5.32 Å². The van der Waals surface area contributed by atoms with Crippen LogP contribution < -0.4 is 16.4 Å². The smallest absolute Gasteiger partial charge is 0.251 e. The molecule has 4 N–H and O–H groups in total. The number of nitrogens with two attached hydrogens (primary N) is 1. The van der Waals surface area contributed by atoms with Crippen LogP contribution in [0.2, 0.25) is 0 Å². The average Bonchev–Trinajstić information content (AvgIpc) is 2.53. The van der Waals surface area contributed by atoms with Crippen molar-refractivity contribution in [1.29, 1.82) is 0 Å². The number of hydrogen-bond acceptors (Lipinski definition) is 4. The molecule has 0 saturated carbocycles. The molecule has 6 nitrogen and oxygen atoms in total. The molecule has 2 amide bonds. The number of carbonyl (C=O) groups is 2. The molecule has 1 aliphatic rings. The number of hydrogen-bond donors (Lipinski definition) is 3. The molecule has 24 heavy (non-hydrogen) atoms. The van der Waals surface area contributed by atoms with Crippen LogP contribution in [0.25, 0.3) is 0 Å². The maximum absolute atomic E-state index is 12.3. The van der Waals surface area contributed by atoms with Crippen LogP contribution in [0.5, 0.6) is 0 Å². The predicted molar refractivity (Wildman–Crippen MR) is 93.8 cm³/mol. The van der Waals surface area contributed by atoms with E-state index in [-0.39, 0.29) is 23.3 Å². The van der Waals surface area contributed by atoms with Crippen LogP contribution in [-0.2, 0) is 9.53 Å². The second-order valence-electron chi connectivity index (χ2n) is 7.25. The average molecular weight is 333 g/mol. The monoisotopic (exact) mass is 333 g/mol. The Labute approximate surface area is 143 Å². The van der Waals surface area contributed by atoms with Gasteiger partial charge >= 0.3 is 0 Å². The number of nitrogens with one attached hydrogen (secondary N) is 2. The molecule has 1 heterocycles. The highest BCUT2D eigenvalue weighted by atomic mass is 16.5. The maximum Gasteiger partial charge on any atom is 0.251 e. The van der Waals surface area contributed by atoms with Gasteiger partial charge in [0.25, 0.3) is 5.91 Å². The second-order valence-corrected chi connectivity index (χ2v) is 7.25. The summed E-state index contributed by atoms with van der Waals surface area (Å²) in [5, 5.41) is 5.71. The first-order chi connectivity index (χ1) is 11.3. The Morgan fingerprint density at radius 3 is 2.54 bits per heavy atom. The van der Waals surface area contributed by atoms with E-state index in [2.05, 4.69) is 10.6 Å². The number of anilines is 1. The molecule has 6 heteroatoms. The van der Waals surface area contributed by atoms with Crippen LogP contribution >= 0.6 is 0 Å². The molecule has 0 radical (unpaired) electrons. The molecule has 1 aliphatic heterocycles. The van der Waals surface area contributed by atoms with Crippen LogP contribution in [0.4, 0.5) is 5.69 Å². The Morgan fingerprint density at radius 2 is 1.92 bits per heavy atom. The molecule has 1 aromatic carbocycles. The fraction of sp³-hybridized carbons (Fsp3) is 0.556. The molecule has 0 aliphatic carbocycles. The minimum absolute atomic E-state index is 0.131. The predicted octanol–water partition coefficient (Wildman–Crippen LogP) is 1.91. The summed E-state index contributed by atoms with van der Waals surface area (Å²) < 4.78 is 5.30. The fourth-order valence-electron chi connectivity index (χ4n) is 2.67. The molecular formula is C18H27N3O3. The lowest BCUT2D eigenvalue weighted by atomic mass is 9.92. The summed E-state index contributed by atoms with van der Waals surface area (Å²) in [4.78, 5) is 24.6. The summed E-state index contributed by atoms with van der Waals surface area (Å²) >= 11 is 0. The Balaban J connectivity index is 2.00. The highest BCUT2D eigenvalue weighted by Gasteiger charge is 2.26. The van der Waals surface area contributed by atoms with Crippen molar-refractivity contribution >= 4 is 17.5 Å². The summed E-state index contributed by atoms with van der Waals surface area (Å²) in [5.41, 5.74) is 6.83. The number of amides is 2. The van der Waals surface area contributed by atoms with Crippen molar-refractivity contribution in [2.24, 2.45) is 11.7 Å². The van der Waals surface area contributed by atoms with Gasteiger partial charge < -0.3 is 21.1 Å². The number of rotatable bonds is 4. The molecule has 1 atom stereocenters. The number of ether oxygens (including phenoxy) is 1. The molecule has 0 spiro atoms. The van der Waals surface area contributed by atoms with E-state index in [0.717, 1.165) is 12.8 Å². The van der Waals surface area contributed by atoms with Crippen molar-refractivity contribution in [3.63, 3.8) is 0 Å². The van der Waals surface area contributed by atoms with Gasteiger partial charge in [0.05, 0.1) is 6.04 Å². The molecule has 0 bridgehead atoms. The first-order valence-electron chi connectivity index (χ1n) is 8.33. The summed E-state index contributed by atoms with van der Waals surface area (Å²) in [6.45, 7) is 7.05. The summed E-state index contributed by atoms with van der Waals surface area (Å²) in [6.07, 6.45) is 1.59. The van der Waals surface area contributed by atoms with Crippen molar-refractivity contribution in [2.75, 3.05) is 18.5 Å². The van der Waals surface area contributed by atoms with Gasteiger partial charge in [0, 0.05) is 30.0 Å². The Hall–Kier alpha value is -1.92. The Kier molecular flexibility index (Phi) is 5.96. The molecule has 2 rings (SSSR count). The lowest BCUT2D eigenvalue weighted by Crippen LogP contribution is -2.44. The molecule has 1 unspecified atom stereocenters. The van der Waals surface area contributed by atoms with Gasteiger partial charge in [-0.3, -0.25) is 9.59 Å². The Bertz CT molecular complexity index is 589. The zero-order chi connectivity index (χ0) is 17.7. The highest BCUT2D eigenvalue weighted by molar-refractivity contribution is 5.98. The number of benzene rings is 1. The van der Waals surface area contributed by atoms with Crippen molar-refractivity contribution in [2.45, 2.75) is 45.2 Å². The van der Waals surface area contributed by atoms with Gasteiger partial charge in [0.1, 0.15) is 0 Å². The van der Waals surface area contributed by atoms with Crippen molar-refractivity contribution in [3.8, 4) is 0 Å². The lowest BCUT2D eigenvalue weighted by molar-refractivity contribution is -0.119. The molecule has 132 valence electrons. The lowest BCUT2D eigenvalue weighted by Gasteiger charge is -2.26. The van der Waals surface area contributed by atoms with Crippen molar-refractivity contribution < 1.29 is 14.3 Å². The number of carbonyl (C=O) groups excluding carboxylic acids is 2. The summed E-state index contributed by atoms with van der Waals surface area (Å²) in [6, 6.07) is 6.31. The zero-order valence-corrected chi connectivity index (χ0v) is 14.6. The van der Waals surface area contributed by atoms with E-state index in [9.17, 15) is 9.59 Å². The molecular weight excluding hydrogens is 306 g/mol. The van der Waals surface area contributed by atoms with Crippen LogP contribution in [-0.4, -0.2) is 36.6 Å². The largest absolute Gasteiger partial charge is 0.381 e. The van der Waals surface area contributed by atoms with E-state index in [0.29, 0.717) is 24.5 Å². The molecule has 0 aromatic heterocycles. The van der Waals surface area contributed by atoms with E-state index in [1.807, 2.05) is 20.8 Å². The van der Waals surface area contributed by atoms with Crippen molar-refractivity contribution in [3.05, 3.63) is 29.8 Å². The van der Waals surface area contributed by atoms with E-state index < -0.39 is 6.04 Å². The van der Waals surface area contributed by atoms with Gasteiger partial charge in [-0.25, -0.2) is 0 Å². The third-order valence-corrected chi connectivity index (χ3v) is 3.96. The first kappa shape index (κ1) is 18.4. The third kappa shape index (κ3) is 5.32. The third-order valence-electron chi connectivity index (χ3n) is 3.96. The summed E-state index contributed by atoms with van der Waals surface area (Å²) in [7, 11) is 0. The van der Waals surface area contributed by atoms with Crippen LogP contribution in [0.15, 0.2) is 24.3 Å². The maximum atomic E-state index is 12.3. The van der Waals surface area contributed by atoms with Crippen LogP contribution in [0.1, 0.15) is 44.0 Å². The quantitative estimate of drug-likeness (QED) is 0.784. The summed E-state index contributed by atoms with van der Waals surface area (Å²) in [5.74, 6) is -0.270. The van der Waals surface area contributed by atoms with E-state index >= 15 is 0 Å². The van der Waals surface area contributed by atoms with Gasteiger partial charge in [-0.05, 0) is 57.7 Å². The molecule has 1 saturated heterocycles. The molecule has 1 fully saturated rings. The van der Waals surface area contributed by atoms with E-state index in [1.165, 1.54) is 0 Å².